The van der Waals surface area contributed by atoms with Gasteiger partial charge in [0.1, 0.15) is 5.82 Å². The third kappa shape index (κ3) is 3.14. The van der Waals surface area contributed by atoms with Crippen molar-refractivity contribution in [3.63, 3.8) is 0 Å². The molecule has 1 atom stereocenters. The molecular weight excluding hydrogens is 267 g/mol. The van der Waals surface area contributed by atoms with Gasteiger partial charge in [-0.25, -0.2) is 9.97 Å². The van der Waals surface area contributed by atoms with Crippen LogP contribution in [-0.2, 0) is 6.18 Å². The van der Waals surface area contributed by atoms with Crippen molar-refractivity contribution in [3.8, 4) is 0 Å². The highest BCUT2D eigenvalue weighted by Crippen LogP contribution is 2.35. The standard InChI is InChI=1S/C14H14F3N3/c1-2-18-12(13-19-8-5-9-20-13)10-6-3-4-7-11(10)14(15,16)17/h3-9,12,18H,2H2,1H3. The van der Waals surface area contributed by atoms with Gasteiger partial charge in [0.25, 0.3) is 0 Å². The summed E-state index contributed by atoms with van der Waals surface area (Å²) in [6.07, 6.45) is -1.37. The molecule has 1 unspecified atom stereocenters. The van der Waals surface area contributed by atoms with Crippen molar-refractivity contribution in [1.29, 1.82) is 0 Å². The van der Waals surface area contributed by atoms with E-state index in [0.29, 0.717) is 12.4 Å². The molecule has 0 aliphatic carbocycles. The molecule has 1 aromatic heterocycles. The van der Waals surface area contributed by atoms with Crippen LogP contribution in [0.25, 0.3) is 0 Å². The van der Waals surface area contributed by atoms with Crippen LogP contribution in [0.15, 0.2) is 42.7 Å². The lowest BCUT2D eigenvalue weighted by molar-refractivity contribution is -0.138. The molecule has 0 saturated carbocycles. The van der Waals surface area contributed by atoms with Crippen LogP contribution in [0.4, 0.5) is 13.2 Å². The Morgan fingerprint density at radius 3 is 2.35 bits per heavy atom. The first-order valence-electron chi connectivity index (χ1n) is 6.20. The fourth-order valence-electron chi connectivity index (χ4n) is 2.01. The quantitative estimate of drug-likeness (QED) is 0.935. The number of halogens is 3. The third-order valence-electron chi connectivity index (χ3n) is 2.83. The first kappa shape index (κ1) is 14.5. The van der Waals surface area contributed by atoms with Gasteiger partial charge in [-0.15, -0.1) is 0 Å². The molecule has 0 aliphatic rings. The highest BCUT2D eigenvalue weighted by Gasteiger charge is 2.35. The second-order valence-electron chi connectivity index (χ2n) is 4.18. The molecule has 0 bridgehead atoms. The SMILES string of the molecule is CCNC(c1ncccn1)c1ccccc1C(F)(F)F. The Labute approximate surface area is 114 Å². The van der Waals surface area contributed by atoms with E-state index in [0.717, 1.165) is 6.07 Å². The molecule has 1 heterocycles. The molecular formula is C14H14F3N3. The molecule has 0 fully saturated rings. The van der Waals surface area contributed by atoms with Crippen LogP contribution in [-0.4, -0.2) is 16.5 Å². The van der Waals surface area contributed by atoms with Crippen LogP contribution < -0.4 is 5.32 Å². The maximum atomic E-state index is 13.1. The van der Waals surface area contributed by atoms with E-state index < -0.39 is 17.8 Å². The van der Waals surface area contributed by atoms with Gasteiger partial charge < -0.3 is 5.32 Å². The summed E-state index contributed by atoms with van der Waals surface area (Å²) in [5, 5.41) is 3.00. The van der Waals surface area contributed by atoms with Gasteiger partial charge in [0.15, 0.2) is 0 Å². The molecule has 6 heteroatoms. The minimum Gasteiger partial charge on any atom is -0.304 e. The van der Waals surface area contributed by atoms with Crippen molar-refractivity contribution >= 4 is 0 Å². The fourth-order valence-corrected chi connectivity index (χ4v) is 2.01. The predicted octanol–water partition coefficient (Wildman–Crippen LogP) is 3.19. The summed E-state index contributed by atoms with van der Waals surface area (Å²) in [6, 6.07) is 6.43. The zero-order chi connectivity index (χ0) is 14.6. The first-order chi connectivity index (χ1) is 9.54. The third-order valence-corrected chi connectivity index (χ3v) is 2.83. The first-order valence-corrected chi connectivity index (χ1v) is 6.20. The summed E-state index contributed by atoms with van der Waals surface area (Å²) < 4.78 is 39.3. The highest BCUT2D eigenvalue weighted by atomic mass is 19.4. The van der Waals surface area contributed by atoms with Gasteiger partial charge in [-0.05, 0) is 24.2 Å². The van der Waals surface area contributed by atoms with Gasteiger partial charge in [-0.2, -0.15) is 13.2 Å². The highest BCUT2D eigenvalue weighted by molar-refractivity contribution is 5.35. The molecule has 0 spiro atoms. The monoisotopic (exact) mass is 281 g/mol. The summed E-state index contributed by atoms with van der Waals surface area (Å²) in [6.45, 7) is 2.33. The second kappa shape index (κ2) is 6.00. The smallest absolute Gasteiger partial charge is 0.304 e. The molecule has 0 radical (unpaired) electrons. The average Bonchev–Trinajstić information content (AvgIpc) is 2.45. The molecule has 3 nitrogen and oxygen atoms in total. The largest absolute Gasteiger partial charge is 0.416 e. The Balaban J connectivity index is 2.51. The van der Waals surface area contributed by atoms with E-state index in [1.54, 1.807) is 12.1 Å². The van der Waals surface area contributed by atoms with Crippen LogP contribution in [0.2, 0.25) is 0 Å². The minimum absolute atomic E-state index is 0.132. The topological polar surface area (TPSA) is 37.8 Å². The molecule has 1 N–H and O–H groups in total. The van der Waals surface area contributed by atoms with Gasteiger partial charge in [0.2, 0.25) is 0 Å². The number of nitrogens with one attached hydrogen (secondary N) is 1. The van der Waals surface area contributed by atoms with Crippen LogP contribution in [0, 0.1) is 0 Å². The van der Waals surface area contributed by atoms with Crippen molar-refractivity contribution < 1.29 is 13.2 Å². The summed E-state index contributed by atoms with van der Waals surface area (Å²) in [4.78, 5) is 8.11. The Morgan fingerprint density at radius 1 is 1.10 bits per heavy atom. The predicted molar refractivity (Wildman–Crippen MR) is 69.0 cm³/mol. The minimum atomic E-state index is -4.40. The van der Waals surface area contributed by atoms with E-state index in [4.69, 9.17) is 0 Å². The van der Waals surface area contributed by atoms with E-state index in [2.05, 4.69) is 15.3 Å². The number of aromatic nitrogens is 2. The van der Waals surface area contributed by atoms with Gasteiger partial charge in [0, 0.05) is 12.4 Å². The summed E-state index contributed by atoms with van der Waals surface area (Å²) in [5.74, 6) is 0.325. The number of nitrogens with zero attached hydrogens (tertiary/aromatic N) is 2. The summed E-state index contributed by atoms with van der Waals surface area (Å²) in [7, 11) is 0. The van der Waals surface area contributed by atoms with E-state index in [-0.39, 0.29) is 5.56 Å². The van der Waals surface area contributed by atoms with Crippen LogP contribution in [0.5, 0.6) is 0 Å². The molecule has 106 valence electrons. The number of alkyl halides is 3. The van der Waals surface area contributed by atoms with Crippen molar-refractivity contribution in [3.05, 3.63) is 59.7 Å². The Morgan fingerprint density at radius 2 is 1.75 bits per heavy atom. The number of benzene rings is 1. The Bertz CT molecular complexity index is 555. The molecule has 1 aromatic carbocycles. The van der Waals surface area contributed by atoms with E-state index in [9.17, 15) is 13.2 Å². The van der Waals surface area contributed by atoms with E-state index in [1.165, 1.54) is 24.5 Å². The Kier molecular flexibility index (Phi) is 4.34. The zero-order valence-electron chi connectivity index (χ0n) is 10.9. The van der Waals surface area contributed by atoms with Gasteiger partial charge >= 0.3 is 6.18 Å². The normalized spacial score (nSPS) is 13.2. The van der Waals surface area contributed by atoms with E-state index >= 15 is 0 Å². The fraction of sp³-hybridized carbons (Fsp3) is 0.286. The van der Waals surface area contributed by atoms with Crippen molar-refractivity contribution in [2.45, 2.75) is 19.1 Å². The summed E-state index contributed by atoms with van der Waals surface area (Å²) in [5.41, 5.74) is -0.536. The lowest BCUT2D eigenvalue weighted by Crippen LogP contribution is -2.26. The maximum Gasteiger partial charge on any atom is 0.416 e. The summed E-state index contributed by atoms with van der Waals surface area (Å²) >= 11 is 0. The van der Waals surface area contributed by atoms with Crippen LogP contribution in [0.1, 0.15) is 29.9 Å². The number of rotatable bonds is 4. The molecule has 20 heavy (non-hydrogen) atoms. The van der Waals surface area contributed by atoms with Crippen LogP contribution in [0.3, 0.4) is 0 Å². The molecule has 0 amide bonds. The van der Waals surface area contributed by atoms with Gasteiger partial charge in [-0.3, -0.25) is 0 Å². The maximum absolute atomic E-state index is 13.1. The molecule has 2 aromatic rings. The average molecular weight is 281 g/mol. The molecule has 0 saturated heterocycles. The zero-order valence-corrected chi connectivity index (χ0v) is 10.9. The second-order valence-corrected chi connectivity index (χ2v) is 4.18. The van der Waals surface area contributed by atoms with Crippen molar-refractivity contribution in [2.24, 2.45) is 0 Å². The van der Waals surface area contributed by atoms with E-state index in [1.807, 2.05) is 6.92 Å². The number of hydrogen-bond donors (Lipinski definition) is 1. The lowest BCUT2D eigenvalue weighted by Gasteiger charge is -2.21. The van der Waals surface area contributed by atoms with Crippen molar-refractivity contribution in [1.82, 2.24) is 15.3 Å². The molecule has 0 aliphatic heterocycles. The number of hydrogen-bond acceptors (Lipinski definition) is 3. The lowest BCUT2D eigenvalue weighted by atomic mass is 9.99. The van der Waals surface area contributed by atoms with Crippen LogP contribution >= 0.6 is 0 Å². The molecule has 2 rings (SSSR count). The van der Waals surface area contributed by atoms with Crippen molar-refractivity contribution in [2.75, 3.05) is 6.54 Å². The Hall–Kier alpha value is -1.95. The van der Waals surface area contributed by atoms with Gasteiger partial charge in [-0.1, -0.05) is 25.1 Å². The van der Waals surface area contributed by atoms with Gasteiger partial charge in [0.05, 0.1) is 11.6 Å².